The Morgan fingerprint density at radius 3 is 1.29 bits per heavy atom. The molecule has 0 aliphatic rings. The molecular formula is C26H28O4Ti. The van der Waals surface area contributed by atoms with Crippen molar-refractivity contribution in [2.75, 3.05) is 0 Å². The van der Waals surface area contributed by atoms with Crippen LogP contribution in [0.3, 0.4) is 0 Å². The summed E-state index contributed by atoms with van der Waals surface area (Å²) in [5.41, 5.74) is 0. The molecule has 0 radical (unpaired) electrons. The number of rotatable bonds is 8. The predicted molar refractivity (Wildman–Crippen MR) is 122 cm³/mol. The summed E-state index contributed by atoms with van der Waals surface area (Å²) in [7, 11) is 0. The molecule has 0 amide bonds. The number of hydrogen-bond acceptors (Lipinski definition) is 4. The Bertz CT molecular complexity index is 1080. The van der Waals surface area contributed by atoms with Crippen LogP contribution in [-0.2, 0) is 24.8 Å². The molecule has 0 aliphatic heterocycles. The summed E-state index contributed by atoms with van der Waals surface area (Å²) in [5, 5.41) is 4.49. The molecule has 0 bridgehead atoms. The fourth-order valence-corrected chi connectivity index (χ4v) is 7.03. The standard InChI is InChI=1S/2C10H8O.2C3H7O.Ti/c2*11-10-6-5-8-3-1-2-4-9(8)7-10;2*1-3(2)4;/h2*1-7,11H;2*3H,1-2H3;/q;;2*-1;+4/p-2. The van der Waals surface area contributed by atoms with E-state index in [1.807, 2.05) is 88.4 Å². The van der Waals surface area contributed by atoms with Gasteiger partial charge in [-0.05, 0) is 0 Å². The number of benzene rings is 4. The molecule has 4 aromatic rings. The molecule has 4 aromatic carbocycles. The van der Waals surface area contributed by atoms with E-state index in [2.05, 4.69) is 24.3 Å². The average Bonchev–Trinajstić information content (AvgIpc) is 2.72. The van der Waals surface area contributed by atoms with Crippen molar-refractivity contribution in [1.82, 2.24) is 0 Å². The molecule has 0 aromatic heterocycles. The van der Waals surface area contributed by atoms with E-state index in [4.69, 9.17) is 13.3 Å². The Labute approximate surface area is 189 Å². The molecule has 31 heavy (non-hydrogen) atoms. The van der Waals surface area contributed by atoms with Gasteiger partial charge >= 0.3 is 189 Å². The molecule has 0 saturated carbocycles. The topological polar surface area (TPSA) is 36.9 Å². The molecule has 0 saturated heterocycles. The molecule has 0 spiro atoms. The van der Waals surface area contributed by atoms with Crippen molar-refractivity contribution in [2.45, 2.75) is 39.9 Å². The number of fused-ring (bicyclic) bond motifs is 2. The fraction of sp³-hybridized carbons (Fsp3) is 0.231. The first-order valence-corrected chi connectivity index (χ1v) is 13.2. The van der Waals surface area contributed by atoms with E-state index in [0.717, 1.165) is 21.5 Å². The normalized spacial score (nSPS) is 12.1. The maximum absolute atomic E-state index is 6.47. The first-order chi connectivity index (χ1) is 14.9. The van der Waals surface area contributed by atoms with Crippen LogP contribution in [0, 0.1) is 0 Å². The third kappa shape index (κ3) is 5.47. The molecular weight excluding hydrogens is 424 g/mol. The van der Waals surface area contributed by atoms with Crippen LogP contribution in [0.25, 0.3) is 21.5 Å². The molecule has 160 valence electrons. The van der Waals surface area contributed by atoms with Crippen molar-refractivity contribution in [3.63, 3.8) is 0 Å². The van der Waals surface area contributed by atoms with E-state index in [9.17, 15) is 0 Å². The Morgan fingerprint density at radius 2 is 0.903 bits per heavy atom. The van der Waals surface area contributed by atoms with Crippen molar-refractivity contribution in [1.29, 1.82) is 0 Å². The molecule has 0 heterocycles. The Hall–Kier alpha value is -2.37. The van der Waals surface area contributed by atoms with Crippen LogP contribution in [0.15, 0.2) is 84.9 Å². The SMILES string of the molecule is CC(C)[O][Ti]([O]c1ccc2ccccc2c1)([O]c1ccc2ccccc2c1)[O]C(C)C. The monoisotopic (exact) mass is 452 g/mol. The van der Waals surface area contributed by atoms with Crippen LogP contribution in [0.1, 0.15) is 27.7 Å². The van der Waals surface area contributed by atoms with Gasteiger partial charge in [-0.15, -0.1) is 0 Å². The molecule has 5 heteroatoms. The van der Waals surface area contributed by atoms with Gasteiger partial charge in [0.2, 0.25) is 0 Å². The molecule has 0 N–H and O–H groups in total. The molecule has 0 unspecified atom stereocenters. The van der Waals surface area contributed by atoms with Gasteiger partial charge in [-0.2, -0.15) is 0 Å². The van der Waals surface area contributed by atoms with Gasteiger partial charge in [0.05, 0.1) is 0 Å². The van der Waals surface area contributed by atoms with Gasteiger partial charge in [-0.3, -0.25) is 0 Å². The van der Waals surface area contributed by atoms with Gasteiger partial charge < -0.3 is 0 Å². The van der Waals surface area contributed by atoms with Crippen LogP contribution in [0.2, 0.25) is 0 Å². The van der Waals surface area contributed by atoms with Gasteiger partial charge in [-0.1, -0.05) is 0 Å². The minimum absolute atomic E-state index is 0.111. The van der Waals surface area contributed by atoms with Crippen molar-refractivity contribution < 1.29 is 31.4 Å². The molecule has 4 rings (SSSR count). The van der Waals surface area contributed by atoms with Crippen molar-refractivity contribution >= 4 is 21.5 Å². The molecule has 0 aliphatic carbocycles. The summed E-state index contributed by atoms with van der Waals surface area (Å²) in [6.45, 7) is 7.88. The summed E-state index contributed by atoms with van der Waals surface area (Å²) >= 11 is -4.23. The van der Waals surface area contributed by atoms with Gasteiger partial charge in [0.25, 0.3) is 0 Å². The Balaban J connectivity index is 1.72. The third-order valence-corrected chi connectivity index (χ3v) is 8.58. The zero-order valence-electron chi connectivity index (χ0n) is 18.4. The summed E-state index contributed by atoms with van der Waals surface area (Å²) in [6, 6.07) is 28.3. The maximum atomic E-state index is 6.47. The Kier molecular flexibility index (Phi) is 6.64. The van der Waals surface area contributed by atoms with Crippen LogP contribution in [0.5, 0.6) is 11.5 Å². The first kappa shape index (κ1) is 21.9. The molecule has 4 nitrogen and oxygen atoms in total. The van der Waals surface area contributed by atoms with E-state index in [1.165, 1.54) is 0 Å². The number of hydrogen-bond donors (Lipinski definition) is 0. The molecule has 0 atom stereocenters. The first-order valence-electron chi connectivity index (χ1n) is 10.6. The summed E-state index contributed by atoms with van der Waals surface area (Å²) in [6.07, 6.45) is -0.223. The van der Waals surface area contributed by atoms with E-state index in [0.29, 0.717) is 11.5 Å². The van der Waals surface area contributed by atoms with Gasteiger partial charge in [0, 0.05) is 0 Å². The van der Waals surface area contributed by atoms with Crippen molar-refractivity contribution in [3.05, 3.63) is 84.9 Å². The van der Waals surface area contributed by atoms with E-state index >= 15 is 0 Å². The minimum atomic E-state index is -4.23. The second kappa shape index (κ2) is 9.41. The zero-order valence-corrected chi connectivity index (χ0v) is 19.9. The molecule has 0 fully saturated rings. The quantitative estimate of drug-likeness (QED) is 0.267. The van der Waals surface area contributed by atoms with Crippen LogP contribution < -0.4 is 6.64 Å². The van der Waals surface area contributed by atoms with E-state index in [-0.39, 0.29) is 12.2 Å². The van der Waals surface area contributed by atoms with E-state index < -0.39 is 18.1 Å². The van der Waals surface area contributed by atoms with E-state index in [1.54, 1.807) is 0 Å². The second-order valence-electron chi connectivity index (χ2n) is 8.06. The average molecular weight is 452 g/mol. The second-order valence-corrected chi connectivity index (χ2v) is 11.0. The van der Waals surface area contributed by atoms with Gasteiger partial charge in [0.15, 0.2) is 0 Å². The van der Waals surface area contributed by atoms with Gasteiger partial charge in [0.1, 0.15) is 0 Å². The third-order valence-electron chi connectivity index (χ3n) is 4.69. The fourth-order valence-electron chi connectivity index (χ4n) is 3.47. The van der Waals surface area contributed by atoms with Crippen LogP contribution >= 0.6 is 0 Å². The Morgan fingerprint density at radius 1 is 0.516 bits per heavy atom. The van der Waals surface area contributed by atoms with Crippen LogP contribution in [0.4, 0.5) is 0 Å². The van der Waals surface area contributed by atoms with Crippen LogP contribution in [-0.4, -0.2) is 12.2 Å². The zero-order chi connectivity index (χ0) is 21.8. The predicted octanol–water partition coefficient (Wildman–Crippen LogP) is 7.11. The van der Waals surface area contributed by atoms with Crippen molar-refractivity contribution in [3.8, 4) is 11.5 Å². The summed E-state index contributed by atoms with van der Waals surface area (Å²) in [4.78, 5) is 0. The van der Waals surface area contributed by atoms with Gasteiger partial charge in [-0.25, -0.2) is 0 Å². The summed E-state index contributed by atoms with van der Waals surface area (Å²) < 4.78 is 25.5. The summed E-state index contributed by atoms with van der Waals surface area (Å²) in [5.74, 6) is 1.36. The van der Waals surface area contributed by atoms with Crippen molar-refractivity contribution in [2.24, 2.45) is 0 Å².